The van der Waals surface area contributed by atoms with Crippen molar-refractivity contribution in [1.82, 2.24) is 0 Å². The van der Waals surface area contributed by atoms with E-state index in [9.17, 15) is 4.79 Å². The largest absolute Gasteiger partial charge is 0.0623 e. The van der Waals surface area contributed by atoms with Crippen LogP contribution in [0.4, 0.5) is 0 Å². The molecule has 1 nitrogen and oxygen atoms in total. The van der Waals surface area contributed by atoms with Gasteiger partial charge in [-0.2, -0.15) is 0 Å². The van der Waals surface area contributed by atoms with Crippen molar-refractivity contribution in [3.63, 3.8) is 0 Å². The van der Waals surface area contributed by atoms with E-state index in [-0.39, 0.29) is 24.4 Å². The molecule has 1 unspecified atom stereocenters. The summed E-state index contributed by atoms with van der Waals surface area (Å²) in [6, 6.07) is 19.8. The minimum absolute atomic E-state index is 0. The van der Waals surface area contributed by atoms with Gasteiger partial charge in [-0.05, 0) is 27.2 Å². The molecule has 2 rings (SSSR count). The Labute approximate surface area is 129 Å². The molecule has 0 fully saturated rings. The van der Waals surface area contributed by atoms with Crippen LogP contribution in [0.5, 0.6) is 0 Å². The van der Waals surface area contributed by atoms with Crippen LogP contribution in [0.3, 0.4) is 0 Å². The fourth-order valence-electron chi connectivity index (χ4n) is 1.47. The average Bonchev–Trinajstić information content (AvgIpc) is 2.42. The molecular formula is C16H20LiOP. The van der Waals surface area contributed by atoms with Gasteiger partial charge in [0.15, 0.2) is 5.52 Å². The van der Waals surface area contributed by atoms with Gasteiger partial charge in [0.1, 0.15) is 0 Å². The normalized spacial score (nSPS) is 9.37. The number of carbonyl (C=O) groups excluding carboxylic acids is 1. The Morgan fingerprint density at radius 1 is 0.947 bits per heavy atom. The van der Waals surface area contributed by atoms with Crippen LogP contribution in [0.15, 0.2) is 60.7 Å². The molecule has 0 bridgehead atoms. The SMILES string of the molecule is CCPC(=O)c1ccccc1C.[LiH].c1ccccc1. The van der Waals surface area contributed by atoms with Crippen molar-refractivity contribution in [2.45, 2.75) is 13.8 Å². The molecule has 0 spiro atoms. The summed E-state index contributed by atoms with van der Waals surface area (Å²) >= 11 is 0. The molecule has 0 N–H and O–H groups in total. The molecule has 0 aliphatic rings. The molecule has 0 aliphatic carbocycles. The summed E-state index contributed by atoms with van der Waals surface area (Å²) in [6.45, 7) is 4.02. The monoisotopic (exact) mass is 266 g/mol. The number of hydrogen-bond acceptors (Lipinski definition) is 1. The summed E-state index contributed by atoms with van der Waals surface area (Å²) in [5.41, 5.74) is 2.26. The van der Waals surface area contributed by atoms with Gasteiger partial charge in [-0.15, -0.1) is 0 Å². The van der Waals surface area contributed by atoms with Crippen LogP contribution >= 0.6 is 8.58 Å². The van der Waals surface area contributed by atoms with Crippen molar-refractivity contribution >= 4 is 33.0 Å². The van der Waals surface area contributed by atoms with Crippen LogP contribution in [0.25, 0.3) is 0 Å². The minimum Gasteiger partial charge on any atom is -0.0623 e. The van der Waals surface area contributed by atoms with Crippen LogP contribution in [-0.4, -0.2) is 30.5 Å². The van der Waals surface area contributed by atoms with Crippen LogP contribution in [0.1, 0.15) is 22.8 Å². The molecule has 2 aromatic rings. The zero-order valence-electron chi connectivity index (χ0n) is 10.9. The molecule has 0 saturated carbocycles. The Balaban J connectivity index is 0.000000392. The van der Waals surface area contributed by atoms with Gasteiger partial charge in [0.25, 0.3) is 0 Å². The Morgan fingerprint density at radius 2 is 1.42 bits per heavy atom. The molecule has 0 amide bonds. The summed E-state index contributed by atoms with van der Waals surface area (Å²) in [4.78, 5) is 11.5. The fourth-order valence-corrected chi connectivity index (χ4v) is 2.26. The maximum atomic E-state index is 11.5. The fraction of sp³-hybridized carbons (Fsp3) is 0.188. The Bertz CT molecular complexity index is 444. The summed E-state index contributed by atoms with van der Waals surface area (Å²) in [5.74, 6) is 0. The standard InChI is InChI=1S/C10H13OP.C6H6.Li.H/c1-3-12-10(11)9-7-5-4-6-8(9)2;1-2-4-6-5-3-1;;/h4-7,12H,3H2,1-2H3;1-6H;;. The molecule has 1 atom stereocenters. The van der Waals surface area contributed by atoms with Crippen LogP contribution < -0.4 is 0 Å². The number of aryl methyl sites for hydroxylation is 1. The Kier molecular flexibility index (Phi) is 10.5. The van der Waals surface area contributed by atoms with Crippen molar-refractivity contribution in [2.75, 3.05) is 6.16 Å². The maximum absolute atomic E-state index is 11.5. The summed E-state index contributed by atoms with van der Waals surface area (Å²) in [5, 5.41) is 0. The average molecular weight is 266 g/mol. The van der Waals surface area contributed by atoms with Gasteiger partial charge >= 0.3 is 18.9 Å². The zero-order chi connectivity index (χ0) is 13.2. The van der Waals surface area contributed by atoms with Gasteiger partial charge in [0.05, 0.1) is 0 Å². The zero-order valence-corrected chi connectivity index (χ0v) is 11.9. The molecule has 3 heteroatoms. The number of rotatable bonds is 3. The van der Waals surface area contributed by atoms with E-state index in [2.05, 4.69) is 0 Å². The molecular weight excluding hydrogens is 246 g/mol. The smallest absolute Gasteiger partial charge is 0.0623 e. The topological polar surface area (TPSA) is 17.1 Å². The first-order chi connectivity index (χ1) is 8.75. The molecule has 0 heterocycles. The minimum atomic E-state index is 0. The number of hydrogen-bond donors (Lipinski definition) is 0. The van der Waals surface area contributed by atoms with E-state index < -0.39 is 0 Å². The summed E-state index contributed by atoms with van der Waals surface area (Å²) in [7, 11) is 0.424. The molecule has 96 valence electrons. The second-order valence-corrected chi connectivity index (χ2v) is 5.34. The van der Waals surface area contributed by atoms with Crippen molar-refractivity contribution in [2.24, 2.45) is 0 Å². The molecule has 0 aliphatic heterocycles. The Morgan fingerprint density at radius 3 is 1.84 bits per heavy atom. The van der Waals surface area contributed by atoms with E-state index in [0.717, 1.165) is 17.3 Å². The molecule has 2 aromatic carbocycles. The van der Waals surface area contributed by atoms with E-state index in [1.807, 2.05) is 74.5 Å². The molecule has 0 radical (unpaired) electrons. The first-order valence-electron chi connectivity index (χ1n) is 6.09. The van der Waals surface area contributed by atoms with Crippen LogP contribution in [-0.2, 0) is 0 Å². The predicted octanol–water partition coefficient (Wildman–Crippen LogP) is 3.87. The quantitative estimate of drug-likeness (QED) is 0.608. The van der Waals surface area contributed by atoms with Crippen molar-refractivity contribution in [1.29, 1.82) is 0 Å². The summed E-state index contributed by atoms with van der Waals surface area (Å²) < 4.78 is 0. The second kappa shape index (κ2) is 11.0. The molecule has 0 saturated heterocycles. The molecule has 0 aromatic heterocycles. The second-order valence-electron chi connectivity index (χ2n) is 3.83. The maximum Gasteiger partial charge on any atom is -0.0623 e. The first kappa shape index (κ1) is 18.1. The van der Waals surface area contributed by atoms with Crippen LogP contribution in [0.2, 0.25) is 0 Å². The molecule has 19 heavy (non-hydrogen) atoms. The van der Waals surface area contributed by atoms with Crippen molar-refractivity contribution in [3.05, 3.63) is 71.8 Å². The van der Waals surface area contributed by atoms with Gasteiger partial charge in [-0.3, -0.25) is 4.79 Å². The Hall–Kier alpha value is -0.863. The van der Waals surface area contributed by atoms with E-state index in [1.165, 1.54) is 0 Å². The van der Waals surface area contributed by atoms with Gasteiger partial charge in [-0.25, -0.2) is 0 Å². The predicted molar refractivity (Wildman–Crippen MR) is 88.0 cm³/mol. The van der Waals surface area contributed by atoms with E-state index in [1.54, 1.807) is 0 Å². The van der Waals surface area contributed by atoms with Gasteiger partial charge in [0, 0.05) is 5.56 Å². The van der Waals surface area contributed by atoms with Gasteiger partial charge in [0.2, 0.25) is 0 Å². The third-order valence-electron chi connectivity index (χ3n) is 2.39. The van der Waals surface area contributed by atoms with E-state index >= 15 is 0 Å². The third-order valence-corrected chi connectivity index (χ3v) is 3.34. The number of carbonyl (C=O) groups is 1. The van der Waals surface area contributed by atoms with Gasteiger partial charge in [-0.1, -0.05) is 67.6 Å². The summed E-state index contributed by atoms with van der Waals surface area (Å²) in [6.07, 6.45) is 0.952. The van der Waals surface area contributed by atoms with Crippen LogP contribution in [0, 0.1) is 6.92 Å². The van der Waals surface area contributed by atoms with Crippen molar-refractivity contribution in [3.8, 4) is 0 Å². The number of benzene rings is 2. The van der Waals surface area contributed by atoms with Crippen molar-refractivity contribution < 1.29 is 4.79 Å². The van der Waals surface area contributed by atoms with E-state index in [4.69, 9.17) is 0 Å². The third kappa shape index (κ3) is 7.34. The first-order valence-corrected chi connectivity index (χ1v) is 7.30. The van der Waals surface area contributed by atoms with Gasteiger partial charge < -0.3 is 0 Å². The van der Waals surface area contributed by atoms with E-state index in [0.29, 0.717) is 8.58 Å².